The summed E-state index contributed by atoms with van der Waals surface area (Å²) in [5, 5.41) is 10.6. The molecule has 1 aliphatic heterocycles. The smallest absolute Gasteiger partial charge is 0.225 e. The Morgan fingerprint density at radius 3 is 3.14 bits per heavy atom. The molecule has 2 aromatic rings. The van der Waals surface area contributed by atoms with Gasteiger partial charge in [-0.2, -0.15) is 5.10 Å². The lowest BCUT2D eigenvalue weighted by Crippen LogP contribution is -2.16. The van der Waals surface area contributed by atoms with E-state index in [0.29, 0.717) is 24.7 Å². The van der Waals surface area contributed by atoms with Gasteiger partial charge in [0.1, 0.15) is 0 Å². The third-order valence-electron chi connectivity index (χ3n) is 3.62. The average molecular weight is 285 g/mol. The number of aromatic nitrogens is 3. The van der Waals surface area contributed by atoms with Crippen molar-refractivity contribution in [3.8, 4) is 0 Å². The minimum Gasteiger partial charge on any atom is -0.315 e. The van der Waals surface area contributed by atoms with Crippen molar-refractivity contribution < 1.29 is 4.79 Å². The first-order valence-electron chi connectivity index (χ1n) is 7.27. The highest BCUT2D eigenvalue weighted by atomic mass is 16.1. The number of anilines is 1. The van der Waals surface area contributed by atoms with E-state index in [-0.39, 0.29) is 5.91 Å². The molecule has 1 aliphatic rings. The summed E-state index contributed by atoms with van der Waals surface area (Å²) in [6, 6.07) is 7.96. The van der Waals surface area contributed by atoms with Crippen molar-refractivity contribution in [3.05, 3.63) is 42.4 Å². The summed E-state index contributed by atoms with van der Waals surface area (Å²) in [6.07, 6.45) is 5.79. The Balaban J connectivity index is 1.50. The Morgan fingerprint density at radius 1 is 1.43 bits per heavy atom. The lowest BCUT2D eigenvalue weighted by molar-refractivity contribution is -0.116. The number of amides is 1. The number of nitrogens with zero attached hydrogens (tertiary/aromatic N) is 3. The Morgan fingerprint density at radius 2 is 2.38 bits per heavy atom. The second kappa shape index (κ2) is 6.49. The largest absolute Gasteiger partial charge is 0.315 e. The second-order valence-electron chi connectivity index (χ2n) is 5.20. The molecule has 0 radical (unpaired) electrons. The fourth-order valence-electron chi connectivity index (χ4n) is 2.47. The third-order valence-corrected chi connectivity index (χ3v) is 3.62. The zero-order valence-corrected chi connectivity index (χ0v) is 11.8. The van der Waals surface area contributed by atoms with Crippen molar-refractivity contribution >= 4 is 11.7 Å². The van der Waals surface area contributed by atoms with E-state index in [2.05, 4.69) is 20.7 Å². The van der Waals surface area contributed by atoms with Crippen molar-refractivity contribution in [2.75, 3.05) is 18.4 Å². The van der Waals surface area contributed by atoms with Crippen molar-refractivity contribution in [2.45, 2.75) is 25.3 Å². The SMILES string of the molecule is O=C(CCc1ccccn1)Nc1ccn(C2CCNC2)n1. The van der Waals surface area contributed by atoms with E-state index in [1.807, 2.05) is 35.1 Å². The Bertz CT molecular complexity index is 589. The minimum atomic E-state index is -0.0320. The number of carbonyl (C=O) groups is 1. The van der Waals surface area contributed by atoms with Crippen molar-refractivity contribution in [1.29, 1.82) is 0 Å². The third kappa shape index (κ3) is 3.66. The molecule has 1 fully saturated rings. The van der Waals surface area contributed by atoms with Gasteiger partial charge in [0.05, 0.1) is 6.04 Å². The fourth-order valence-corrected chi connectivity index (χ4v) is 2.47. The van der Waals surface area contributed by atoms with E-state index in [1.165, 1.54) is 0 Å². The molecule has 0 bridgehead atoms. The lowest BCUT2D eigenvalue weighted by atomic mass is 10.2. The van der Waals surface area contributed by atoms with Crippen LogP contribution in [0.4, 0.5) is 5.82 Å². The molecule has 2 aromatic heterocycles. The van der Waals surface area contributed by atoms with Crippen LogP contribution in [0.25, 0.3) is 0 Å². The molecular weight excluding hydrogens is 266 g/mol. The van der Waals surface area contributed by atoms with Gasteiger partial charge in [0.15, 0.2) is 5.82 Å². The zero-order valence-electron chi connectivity index (χ0n) is 11.8. The van der Waals surface area contributed by atoms with Crippen LogP contribution in [0.15, 0.2) is 36.7 Å². The molecule has 0 spiro atoms. The average Bonchev–Trinajstić information content (AvgIpc) is 3.17. The van der Waals surface area contributed by atoms with Crippen LogP contribution < -0.4 is 10.6 Å². The quantitative estimate of drug-likeness (QED) is 0.870. The van der Waals surface area contributed by atoms with Gasteiger partial charge in [-0.05, 0) is 31.5 Å². The number of pyridine rings is 1. The lowest BCUT2D eigenvalue weighted by Gasteiger charge is -2.08. The summed E-state index contributed by atoms with van der Waals surface area (Å²) >= 11 is 0. The number of nitrogens with one attached hydrogen (secondary N) is 2. The van der Waals surface area contributed by atoms with Crippen LogP contribution in [0.1, 0.15) is 24.6 Å². The van der Waals surface area contributed by atoms with Crippen LogP contribution in [0.3, 0.4) is 0 Å². The maximum absolute atomic E-state index is 11.9. The van der Waals surface area contributed by atoms with E-state index in [0.717, 1.165) is 25.2 Å². The molecule has 1 amide bonds. The standard InChI is InChI=1S/C15H19N5O/c21-15(5-4-12-3-1-2-8-17-12)18-14-7-10-20(19-14)13-6-9-16-11-13/h1-3,7-8,10,13,16H,4-6,9,11H2,(H,18,19,21). The van der Waals surface area contributed by atoms with Crippen molar-refractivity contribution in [1.82, 2.24) is 20.1 Å². The normalized spacial score (nSPS) is 17.8. The molecule has 1 atom stereocenters. The molecule has 1 saturated heterocycles. The molecule has 110 valence electrons. The Kier molecular flexibility index (Phi) is 4.25. The van der Waals surface area contributed by atoms with E-state index in [1.54, 1.807) is 6.20 Å². The summed E-state index contributed by atoms with van der Waals surface area (Å²) in [4.78, 5) is 16.1. The van der Waals surface area contributed by atoms with Gasteiger partial charge in [0.25, 0.3) is 0 Å². The monoisotopic (exact) mass is 285 g/mol. The molecule has 21 heavy (non-hydrogen) atoms. The fraction of sp³-hybridized carbons (Fsp3) is 0.400. The predicted molar refractivity (Wildman–Crippen MR) is 79.9 cm³/mol. The molecule has 0 saturated carbocycles. The second-order valence-corrected chi connectivity index (χ2v) is 5.20. The topological polar surface area (TPSA) is 71.8 Å². The van der Waals surface area contributed by atoms with E-state index < -0.39 is 0 Å². The summed E-state index contributed by atoms with van der Waals surface area (Å²) in [7, 11) is 0. The summed E-state index contributed by atoms with van der Waals surface area (Å²) < 4.78 is 1.92. The van der Waals surface area contributed by atoms with E-state index in [4.69, 9.17) is 0 Å². The van der Waals surface area contributed by atoms with Crippen molar-refractivity contribution in [3.63, 3.8) is 0 Å². The van der Waals surface area contributed by atoms with Gasteiger partial charge in [-0.1, -0.05) is 6.07 Å². The molecule has 3 heterocycles. The first-order valence-corrected chi connectivity index (χ1v) is 7.27. The summed E-state index contributed by atoms with van der Waals surface area (Å²) in [5.41, 5.74) is 0.926. The molecule has 0 aromatic carbocycles. The van der Waals surface area contributed by atoms with Gasteiger partial charge in [-0.25, -0.2) is 0 Å². The zero-order chi connectivity index (χ0) is 14.5. The maximum Gasteiger partial charge on any atom is 0.225 e. The van der Waals surface area contributed by atoms with Gasteiger partial charge in [-0.3, -0.25) is 14.5 Å². The van der Waals surface area contributed by atoms with Gasteiger partial charge >= 0.3 is 0 Å². The first kappa shape index (κ1) is 13.8. The van der Waals surface area contributed by atoms with Crippen LogP contribution in [0.2, 0.25) is 0 Å². The van der Waals surface area contributed by atoms with Crippen LogP contribution >= 0.6 is 0 Å². The van der Waals surface area contributed by atoms with Crippen molar-refractivity contribution in [2.24, 2.45) is 0 Å². The highest BCUT2D eigenvalue weighted by molar-refractivity contribution is 5.89. The Hall–Kier alpha value is -2.21. The number of hydrogen-bond acceptors (Lipinski definition) is 4. The predicted octanol–water partition coefficient (Wildman–Crippen LogP) is 1.38. The van der Waals surface area contributed by atoms with Gasteiger partial charge < -0.3 is 10.6 Å². The van der Waals surface area contributed by atoms with Crippen LogP contribution in [-0.2, 0) is 11.2 Å². The number of rotatable bonds is 5. The number of carbonyl (C=O) groups excluding carboxylic acids is 1. The van der Waals surface area contributed by atoms with Crippen LogP contribution in [0.5, 0.6) is 0 Å². The molecule has 3 rings (SSSR count). The summed E-state index contributed by atoms with van der Waals surface area (Å²) in [5.74, 6) is 0.586. The minimum absolute atomic E-state index is 0.0320. The molecular formula is C15H19N5O. The van der Waals surface area contributed by atoms with E-state index >= 15 is 0 Å². The first-order chi connectivity index (χ1) is 10.3. The maximum atomic E-state index is 11.9. The number of aryl methyl sites for hydroxylation is 1. The van der Waals surface area contributed by atoms with Crippen LogP contribution in [-0.4, -0.2) is 33.8 Å². The van der Waals surface area contributed by atoms with Crippen LogP contribution in [0, 0.1) is 0 Å². The van der Waals surface area contributed by atoms with Gasteiger partial charge in [0, 0.05) is 37.1 Å². The molecule has 1 unspecified atom stereocenters. The van der Waals surface area contributed by atoms with Gasteiger partial charge in [0.2, 0.25) is 5.91 Å². The van der Waals surface area contributed by atoms with E-state index in [9.17, 15) is 4.79 Å². The molecule has 6 nitrogen and oxygen atoms in total. The highest BCUT2D eigenvalue weighted by Gasteiger charge is 2.17. The van der Waals surface area contributed by atoms with Gasteiger partial charge in [-0.15, -0.1) is 0 Å². The molecule has 0 aliphatic carbocycles. The number of hydrogen-bond donors (Lipinski definition) is 2. The highest BCUT2D eigenvalue weighted by Crippen LogP contribution is 2.15. The summed E-state index contributed by atoms with van der Waals surface area (Å²) in [6.45, 7) is 1.96. The molecule has 6 heteroatoms. The Labute approximate surface area is 123 Å². The molecule has 2 N–H and O–H groups in total.